The number of nitro groups is 2. The number of hydrogen-bond acceptors (Lipinski definition) is 5. The highest BCUT2D eigenvalue weighted by Gasteiger charge is 2.25. The Hall–Kier alpha value is -1.53. The second-order valence-electron chi connectivity index (χ2n) is 3.64. The monoisotopic (exact) mass is 218 g/mol. The van der Waals surface area contributed by atoms with Crippen LogP contribution in [0.25, 0.3) is 0 Å². The zero-order valence-corrected chi connectivity index (χ0v) is 8.66. The summed E-state index contributed by atoms with van der Waals surface area (Å²) in [6.07, 6.45) is 0.656. The second-order valence-corrected chi connectivity index (χ2v) is 3.64. The molecule has 7 heteroatoms. The minimum atomic E-state index is -0.848. The zero-order valence-electron chi connectivity index (χ0n) is 8.66. The Kier molecular flexibility index (Phi) is 5.43. The topological polar surface area (TPSA) is 103 Å². The third-order valence-corrected chi connectivity index (χ3v) is 2.20. The van der Waals surface area contributed by atoms with E-state index in [-0.39, 0.29) is 12.8 Å². The molecule has 86 valence electrons. The second kappa shape index (κ2) is 6.05. The van der Waals surface area contributed by atoms with E-state index in [0.717, 1.165) is 0 Å². The summed E-state index contributed by atoms with van der Waals surface area (Å²) in [6, 6.07) is -1.70. The van der Waals surface area contributed by atoms with Crippen molar-refractivity contribution in [2.45, 2.75) is 38.8 Å². The van der Waals surface area contributed by atoms with Crippen LogP contribution in [0.2, 0.25) is 0 Å². The highest BCUT2D eigenvalue weighted by molar-refractivity contribution is 5.53. The first-order valence-corrected chi connectivity index (χ1v) is 4.60. The maximum atomic E-state index is 10.6. The van der Waals surface area contributed by atoms with Crippen molar-refractivity contribution in [3.05, 3.63) is 20.2 Å². The maximum Gasteiger partial charge on any atom is 0.211 e. The highest BCUT2D eigenvalue weighted by Crippen LogP contribution is 2.14. The molecule has 0 aliphatic carbocycles. The molecular formula is C8H14N2O5. The summed E-state index contributed by atoms with van der Waals surface area (Å²) in [5, 5.41) is 20.7. The molecule has 0 amide bonds. The van der Waals surface area contributed by atoms with E-state index in [1.807, 2.05) is 0 Å². The molecule has 0 aromatic rings. The van der Waals surface area contributed by atoms with E-state index >= 15 is 0 Å². The number of hydrogen-bond donors (Lipinski definition) is 0. The Morgan fingerprint density at radius 2 is 1.40 bits per heavy atom. The lowest BCUT2D eigenvalue weighted by Crippen LogP contribution is -2.25. The van der Waals surface area contributed by atoms with Crippen LogP contribution in [-0.4, -0.2) is 28.2 Å². The van der Waals surface area contributed by atoms with Crippen molar-refractivity contribution < 1.29 is 14.6 Å². The van der Waals surface area contributed by atoms with Crippen molar-refractivity contribution in [3.63, 3.8) is 0 Å². The Bertz CT molecular complexity index is 233. The minimum absolute atomic E-state index is 0.0503. The van der Waals surface area contributed by atoms with Gasteiger partial charge in [0.05, 0.1) is 0 Å². The van der Waals surface area contributed by atoms with Gasteiger partial charge in [0.1, 0.15) is 6.29 Å². The zero-order chi connectivity index (χ0) is 12.0. The van der Waals surface area contributed by atoms with Gasteiger partial charge in [-0.2, -0.15) is 0 Å². The fourth-order valence-electron chi connectivity index (χ4n) is 1.26. The standard InChI is InChI=1S/C8H14N2O5/c1-6(9(12)13)3-8(5-11)4-7(2)10(14)15/h5-8H,3-4H2,1-2H3. The van der Waals surface area contributed by atoms with Gasteiger partial charge in [-0.05, 0) is 0 Å². The first-order chi connectivity index (χ1) is 6.88. The lowest BCUT2D eigenvalue weighted by atomic mass is 9.96. The van der Waals surface area contributed by atoms with Crippen LogP contribution in [0.5, 0.6) is 0 Å². The Morgan fingerprint density at radius 3 is 1.60 bits per heavy atom. The molecule has 0 aromatic carbocycles. The van der Waals surface area contributed by atoms with Gasteiger partial charge in [-0.1, -0.05) is 0 Å². The number of nitrogens with zero attached hydrogens (tertiary/aromatic N) is 2. The molecule has 0 fully saturated rings. The van der Waals surface area contributed by atoms with Gasteiger partial charge < -0.3 is 4.79 Å². The van der Waals surface area contributed by atoms with Gasteiger partial charge in [0, 0.05) is 42.5 Å². The largest absolute Gasteiger partial charge is 0.303 e. The van der Waals surface area contributed by atoms with Crippen molar-refractivity contribution in [2.75, 3.05) is 0 Å². The lowest BCUT2D eigenvalue weighted by molar-refractivity contribution is -0.525. The summed E-state index contributed by atoms with van der Waals surface area (Å²) in [5.41, 5.74) is 0. The third-order valence-electron chi connectivity index (χ3n) is 2.20. The van der Waals surface area contributed by atoms with Crippen LogP contribution < -0.4 is 0 Å². The molecule has 0 spiro atoms. The van der Waals surface area contributed by atoms with Gasteiger partial charge in [-0.25, -0.2) is 0 Å². The summed E-state index contributed by atoms with van der Waals surface area (Å²) in [5.74, 6) is -0.620. The fourth-order valence-corrected chi connectivity index (χ4v) is 1.26. The number of carbonyl (C=O) groups is 1. The van der Waals surface area contributed by atoms with Crippen LogP contribution >= 0.6 is 0 Å². The molecule has 0 bridgehead atoms. The molecule has 0 saturated heterocycles. The average molecular weight is 218 g/mol. The number of aldehydes is 1. The van der Waals surface area contributed by atoms with Crippen LogP contribution in [-0.2, 0) is 4.79 Å². The summed E-state index contributed by atoms with van der Waals surface area (Å²) in [7, 11) is 0. The molecule has 15 heavy (non-hydrogen) atoms. The minimum Gasteiger partial charge on any atom is -0.303 e. The molecule has 0 aliphatic rings. The third kappa shape index (κ3) is 5.04. The molecule has 2 unspecified atom stereocenters. The molecular weight excluding hydrogens is 204 g/mol. The van der Waals surface area contributed by atoms with Gasteiger partial charge in [-0.15, -0.1) is 0 Å². The van der Waals surface area contributed by atoms with E-state index in [1.54, 1.807) is 0 Å². The van der Waals surface area contributed by atoms with Gasteiger partial charge >= 0.3 is 0 Å². The normalized spacial score (nSPS) is 16.4. The predicted molar refractivity (Wildman–Crippen MR) is 51.7 cm³/mol. The number of carbonyl (C=O) groups excluding carboxylic acids is 1. The smallest absolute Gasteiger partial charge is 0.211 e. The summed E-state index contributed by atoms with van der Waals surface area (Å²) in [6.45, 7) is 2.76. The van der Waals surface area contributed by atoms with E-state index < -0.39 is 27.8 Å². The molecule has 0 aliphatic heterocycles. The molecule has 0 heterocycles. The summed E-state index contributed by atoms with van der Waals surface area (Å²) in [4.78, 5) is 30.2. The summed E-state index contributed by atoms with van der Waals surface area (Å²) >= 11 is 0. The fraction of sp³-hybridized carbons (Fsp3) is 0.875. The Morgan fingerprint density at radius 1 is 1.07 bits per heavy atom. The van der Waals surface area contributed by atoms with Gasteiger partial charge in [0.2, 0.25) is 12.1 Å². The van der Waals surface area contributed by atoms with Crippen molar-refractivity contribution in [1.29, 1.82) is 0 Å². The SMILES string of the molecule is CC(CC(C=O)CC(C)[N+](=O)[O-])[N+](=O)[O-]. The average Bonchev–Trinajstić information content (AvgIpc) is 2.15. The van der Waals surface area contributed by atoms with Gasteiger partial charge in [0.15, 0.2) is 0 Å². The molecule has 0 N–H and O–H groups in total. The van der Waals surface area contributed by atoms with E-state index in [4.69, 9.17) is 0 Å². The van der Waals surface area contributed by atoms with Crippen LogP contribution in [0, 0.1) is 26.1 Å². The van der Waals surface area contributed by atoms with Crippen LogP contribution in [0.1, 0.15) is 26.7 Å². The quantitative estimate of drug-likeness (QED) is 0.359. The van der Waals surface area contributed by atoms with E-state index in [0.29, 0.717) is 6.29 Å². The first-order valence-electron chi connectivity index (χ1n) is 4.60. The molecule has 0 radical (unpaired) electrons. The Balaban J connectivity index is 4.20. The van der Waals surface area contributed by atoms with E-state index in [2.05, 4.69) is 0 Å². The first kappa shape index (κ1) is 13.5. The molecule has 0 aromatic heterocycles. The van der Waals surface area contributed by atoms with Crippen molar-refractivity contribution in [3.8, 4) is 0 Å². The molecule has 0 rings (SSSR count). The lowest BCUT2D eigenvalue weighted by Gasteiger charge is -2.11. The summed E-state index contributed by atoms with van der Waals surface area (Å²) < 4.78 is 0. The van der Waals surface area contributed by atoms with E-state index in [9.17, 15) is 25.0 Å². The predicted octanol–water partition coefficient (Wildman–Crippen LogP) is 0.912. The van der Waals surface area contributed by atoms with Gasteiger partial charge in [-0.3, -0.25) is 20.2 Å². The van der Waals surface area contributed by atoms with Crippen molar-refractivity contribution >= 4 is 6.29 Å². The van der Waals surface area contributed by atoms with Crippen LogP contribution in [0.4, 0.5) is 0 Å². The van der Waals surface area contributed by atoms with Crippen molar-refractivity contribution in [1.82, 2.24) is 0 Å². The number of rotatable bonds is 7. The van der Waals surface area contributed by atoms with Crippen LogP contribution in [0.15, 0.2) is 0 Å². The maximum absolute atomic E-state index is 10.6. The Labute approximate surface area is 86.8 Å². The molecule has 7 nitrogen and oxygen atoms in total. The molecule has 2 atom stereocenters. The van der Waals surface area contributed by atoms with Crippen LogP contribution in [0.3, 0.4) is 0 Å². The highest BCUT2D eigenvalue weighted by atomic mass is 16.6. The van der Waals surface area contributed by atoms with Gasteiger partial charge in [0.25, 0.3) is 0 Å². The van der Waals surface area contributed by atoms with Crippen molar-refractivity contribution in [2.24, 2.45) is 5.92 Å². The van der Waals surface area contributed by atoms with E-state index in [1.165, 1.54) is 13.8 Å². The molecule has 0 saturated carbocycles.